The molecule has 0 fully saturated rings. The Balaban J connectivity index is 1.97. The number of benzene rings is 1. The van der Waals surface area contributed by atoms with Crippen molar-refractivity contribution < 1.29 is 19.1 Å². The van der Waals surface area contributed by atoms with E-state index in [1.54, 1.807) is 12.1 Å². The van der Waals surface area contributed by atoms with Gasteiger partial charge in [0.1, 0.15) is 6.42 Å². The average Bonchev–Trinajstić information content (AvgIpc) is 2.53. The van der Waals surface area contributed by atoms with Crippen molar-refractivity contribution >= 4 is 17.5 Å². The lowest BCUT2D eigenvalue weighted by Gasteiger charge is -2.08. The van der Waals surface area contributed by atoms with Gasteiger partial charge in [0, 0.05) is 32.1 Å². The van der Waals surface area contributed by atoms with E-state index in [9.17, 15) is 9.59 Å². The highest BCUT2D eigenvalue weighted by Gasteiger charge is 2.08. The van der Waals surface area contributed by atoms with Gasteiger partial charge in [-0.3, -0.25) is 9.59 Å². The Morgan fingerprint density at radius 3 is 2.42 bits per heavy atom. The number of rotatable bonds is 12. The summed E-state index contributed by atoms with van der Waals surface area (Å²) < 4.78 is 10.8. The number of hydrogen-bond acceptors (Lipinski definition) is 4. The van der Waals surface area contributed by atoms with Crippen molar-refractivity contribution in [2.75, 3.05) is 38.3 Å². The third-order valence-corrected chi connectivity index (χ3v) is 2.98. The van der Waals surface area contributed by atoms with Crippen LogP contribution in [0.1, 0.15) is 26.7 Å². The van der Waals surface area contributed by atoms with E-state index in [2.05, 4.69) is 24.5 Å². The Morgan fingerprint density at radius 1 is 1.00 bits per heavy atom. The summed E-state index contributed by atoms with van der Waals surface area (Å²) in [5.41, 5.74) is 0.679. The highest BCUT2D eigenvalue weighted by molar-refractivity contribution is 6.03. The van der Waals surface area contributed by atoms with Gasteiger partial charge in [0.25, 0.3) is 0 Å². The molecule has 1 aromatic carbocycles. The topological polar surface area (TPSA) is 76.7 Å². The van der Waals surface area contributed by atoms with Crippen LogP contribution in [0.4, 0.5) is 5.69 Å². The van der Waals surface area contributed by atoms with Crippen LogP contribution in [-0.2, 0) is 19.1 Å². The second-order valence-electron chi connectivity index (χ2n) is 5.88. The van der Waals surface area contributed by atoms with E-state index in [-0.39, 0.29) is 18.2 Å². The molecule has 0 atom stereocenters. The van der Waals surface area contributed by atoms with E-state index >= 15 is 0 Å². The predicted octanol–water partition coefficient (Wildman–Crippen LogP) is 2.21. The smallest absolute Gasteiger partial charge is 0.233 e. The molecule has 2 amide bonds. The molecule has 0 aliphatic rings. The van der Waals surface area contributed by atoms with Gasteiger partial charge in [-0.05, 0) is 24.5 Å². The van der Waals surface area contributed by atoms with Crippen LogP contribution in [0.2, 0.25) is 0 Å². The number of para-hydroxylation sites is 1. The van der Waals surface area contributed by atoms with Crippen molar-refractivity contribution in [1.29, 1.82) is 0 Å². The van der Waals surface area contributed by atoms with Gasteiger partial charge in [0.15, 0.2) is 0 Å². The van der Waals surface area contributed by atoms with E-state index < -0.39 is 0 Å². The summed E-state index contributed by atoms with van der Waals surface area (Å²) in [5, 5.41) is 5.33. The first-order valence-corrected chi connectivity index (χ1v) is 8.35. The molecule has 1 rings (SSSR count). The third kappa shape index (κ3) is 10.7. The first-order valence-electron chi connectivity index (χ1n) is 8.35. The van der Waals surface area contributed by atoms with Gasteiger partial charge < -0.3 is 20.1 Å². The molecule has 0 aliphatic carbocycles. The largest absolute Gasteiger partial charge is 0.381 e. The maximum absolute atomic E-state index is 11.7. The molecule has 2 N–H and O–H groups in total. The molecule has 0 saturated heterocycles. The fourth-order valence-corrected chi connectivity index (χ4v) is 1.88. The molecule has 0 heterocycles. The summed E-state index contributed by atoms with van der Waals surface area (Å²) in [6.07, 6.45) is 0.637. The van der Waals surface area contributed by atoms with Gasteiger partial charge in [0.05, 0.1) is 6.61 Å². The molecular weight excluding hydrogens is 308 g/mol. The van der Waals surface area contributed by atoms with E-state index in [0.29, 0.717) is 38.0 Å². The number of carbonyl (C=O) groups excluding carboxylic acids is 2. The maximum atomic E-state index is 11.7. The molecular formula is C18H28N2O4. The van der Waals surface area contributed by atoms with E-state index in [1.165, 1.54) is 0 Å². The molecule has 0 aliphatic heterocycles. The van der Waals surface area contributed by atoms with Gasteiger partial charge >= 0.3 is 0 Å². The van der Waals surface area contributed by atoms with Crippen molar-refractivity contribution in [2.45, 2.75) is 26.7 Å². The summed E-state index contributed by atoms with van der Waals surface area (Å²) in [6, 6.07) is 9.05. The first kappa shape index (κ1) is 20.1. The molecule has 6 nitrogen and oxygen atoms in total. The first-order chi connectivity index (χ1) is 11.6. The molecule has 24 heavy (non-hydrogen) atoms. The monoisotopic (exact) mass is 336 g/mol. The van der Waals surface area contributed by atoms with E-state index in [0.717, 1.165) is 13.0 Å². The van der Waals surface area contributed by atoms with Crippen LogP contribution in [0, 0.1) is 5.92 Å². The van der Waals surface area contributed by atoms with Crippen LogP contribution in [0.3, 0.4) is 0 Å². The number of nitrogens with one attached hydrogen (secondary N) is 2. The molecule has 0 unspecified atom stereocenters. The highest BCUT2D eigenvalue weighted by Crippen LogP contribution is 2.05. The Bertz CT molecular complexity index is 477. The van der Waals surface area contributed by atoms with Crippen molar-refractivity contribution in [2.24, 2.45) is 5.92 Å². The van der Waals surface area contributed by atoms with Crippen LogP contribution in [0.25, 0.3) is 0 Å². The van der Waals surface area contributed by atoms with E-state index in [4.69, 9.17) is 9.47 Å². The van der Waals surface area contributed by atoms with Gasteiger partial charge in [0.2, 0.25) is 11.8 Å². The molecule has 0 saturated carbocycles. The van der Waals surface area contributed by atoms with Crippen LogP contribution < -0.4 is 10.6 Å². The standard InChI is InChI=1S/C18H28N2O4/c1-15(2)14-24-11-6-10-23-12-9-19-17(21)13-18(22)20-16-7-4-3-5-8-16/h3-5,7-8,15H,6,9-14H2,1-2H3,(H,19,21)(H,20,22). The summed E-state index contributed by atoms with van der Waals surface area (Å²) in [4.78, 5) is 23.3. The van der Waals surface area contributed by atoms with Crippen molar-refractivity contribution in [3.8, 4) is 0 Å². The molecule has 0 spiro atoms. The molecule has 0 bridgehead atoms. The van der Waals surface area contributed by atoms with Crippen LogP contribution >= 0.6 is 0 Å². The lowest BCUT2D eigenvalue weighted by molar-refractivity contribution is -0.126. The van der Waals surface area contributed by atoms with Crippen molar-refractivity contribution in [1.82, 2.24) is 5.32 Å². The SMILES string of the molecule is CC(C)COCCCOCCNC(=O)CC(=O)Nc1ccccc1. The molecule has 0 radical (unpaired) electrons. The lowest BCUT2D eigenvalue weighted by atomic mass is 10.2. The second kappa shape index (κ2) is 12.5. The number of ether oxygens (including phenoxy) is 2. The molecule has 0 aromatic heterocycles. The van der Waals surface area contributed by atoms with Gasteiger partial charge in [-0.25, -0.2) is 0 Å². The van der Waals surface area contributed by atoms with Crippen LogP contribution in [-0.4, -0.2) is 44.8 Å². The Labute approximate surface area is 143 Å². The Hall–Kier alpha value is -1.92. The van der Waals surface area contributed by atoms with E-state index in [1.807, 2.05) is 18.2 Å². The second-order valence-corrected chi connectivity index (χ2v) is 5.88. The highest BCUT2D eigenvalue weighted by atomic mass is 16.5. The van der Waals surface area contributed by atoms with Gasteiger partial charge in [-0.1, -0.05) is 32.0 Å². The summed E-state index contributed by atoms with van der Waals surface area (Å²) >= 11 is 0. The molecule has 6 heteroatoms. The summed E-state index contributed by atoms with van der Waals surface area (Å²) in [7, 11) is 0. The third-order valence-electron chi connectivity index (χ3n) is 2.98. The van der Waals surface area contributed by atoms with Crippen LogP contribution in [0.5, 0.6) is 0 Å². The Kier molecular flexibility index (Phi) is 10.5. The summed E-state index contributed by atoms with van der Waals surface area (Å²) in [6.45, 7) is 7.09. The van der Waals surface area contributed by atoms with Gasteiger partial charge in [-0.15, -0.1) is 0 Å². The molecule has 134 valence electrons. The zero-order chi connectivity index (χ0) is 17.6. The number of hydrogen-bond donors (Lipinski definition) is 2. The lowest BCUT2D eigenvalue weighted by Crippen LogP contribution is -2.30. The normalized spacial score (nSPS) is 10.6. The predicted molar refractivity (Wildman–Crippen MR) is 93.8 cm³/mol. The zero-order valence-electron chi connectivity index (χ0n) is 14.5. The fraction of sp³-hybridized carbons (Fsp3) is 0.556. The minimum Gasteiger partial charge on any atom is -0.381 e. The minimum absolute atomic E-state index is 0.196. The fourth-order valence-electron chi connectivity index (χ4n) is 1.88. The Morgan fingerprint density at radius 2 is 1.71 bits per heavy atom. The number of anilines is 1. The number of carbonyl (C=O) groups is 2. The maximum Gasteiger partial charge on any atom is 0.233 e. The summed E-state index contributed by atoms with van der Waals surface area (Å²) in [5.74, 6) is -0.102. The van der Waals surface area contributed by atoms with Crippen LogP contribution in [0.15, 0.2) is 30.3 Å². The average molecular weight is 336 g/mol. The molecule has 1 aromatic rings. The minimum atomic E-state index is -0.332. The quantitative estimate of drug-likeness (QED) is 0.453. The van der Waals surface area contributed by atoms with Crippen molar-refractivity contribution in [3.63, 3.8) is 0 Å². The van der Waals surface area contributed by atoms with Gasteiger partial charge in [-0.2, -0.15) is 0 Å². The number of amides is 2. The van der Waals surface area contributed by atoms with Crippen molar-refractivity contribution in [3.05, 3.63) is 30.3 Å². The zero-order valence-corrected chi connectivity index (χ0v) is 14.5.